The van der Waals surface area contributed by atoms with Crippen LogP contribution in [0.4, 0.5) is 0 Å². The number of benzene rings is 1. The molecule has 1 aliphatic carbocycles. The number of allylic oxidation sites excluding steroid dienone is 1. The molecule has 2 aliphatic rings. The molecule has 3 amide bonds. The van der Waals surface area contributed by atoms with Crippen molar-refractivity contribution in [1.82, 2.24) is 25.3 Å². The maximum atomic E-state index is 13.1. The van der Waals surface area contributed by atoms with Gasteiger partial charge in [0.1, 0.15) is 11.2 Å². The number of amides is 3. The summed E-state index contributed by atoms with van der Waals surface area (Å²) < 4.78 is 1.48. The van der Waals surface area contributed by atoms with E-state index >= 15 is 0 Å². The summed E-state index contributed by atoms with van der Waals surface area (Å²) in [5, 5.41) is 10.2. The first-order chi connectivity index (χ1) is 15.9. The van der Waals surface area contributed by atoms with Gasteiger partial charge < -0.3 is 15.5 Å². The van der Waals surface area contributed by atoms with Gasteiger partial charge in [-0.2, -0.15) is 5.10 Å². The standard InChI is InChI=1S/C25H31N5O3/c1-25(24(33)27-16-19-11-7-4-8-12-19)17-30-21(23(32)29(25)2)15-20(28-30)22(31)26-14-13-18-9-5-3-6-10-18/h4,7-9,11-12,15H,3,5-6,10,13-14,16-17H2,1-2H3,(H,26,31)(H,27,33)/t25-/m0/s1. The lowest BCUT2D eigenvalue weighted by Gasteiger charge is -2.40. The van der Waals surface area contributed by atoms with Crippen LogP contribution in [0, 0.1) is 0 Å². The van der Waals surface area contributed by atoms with E-state index in [0.29, 0.717) is 18.8 Å². The van der Waals surface area contributed by atoms with Crippen molar-refractivity contribution in [1.29, 1.82) is 0 Å². The molecule has 1 aliphatic heterocycles. The number of carbonyl (C=O) groups is 3. The molecule has 0 fully saturated rings. The lowest BCUT2D eigenvalue weighted by Crippen LogP contribution is -2.62. The van der Waals surface area contributed by atoms with Crippen molar-refractivity contribution >= 4 is 17.7 Å². The summed E-state index contributed by atoms with van der Waals surface area (Å²) in [7, 11) is 1.61. The Hall–Kier alpha value is -3.42. The van der Waals surface area contributed by atoms with E-state index in [4.69, 9.17) is 0 Å². The average Bonchev–Trinajstić information content (AvgIpc) is 3.26. The lowest BCUT2D eigenvalue weighted by atomic mass is 9.96. The van der Waals surface area contributed by atoms with Crippen molar-refractivity contribution < 1.29 is 14.4 Å². The summed E-state index contributed by atoms with van der Waals surface area (Å²) in [6.07, 6.45) is 7.76. The fraction of sp³-hybridized carbons (Fsp3) is 0.440. The highest BCUT2D eigenvalue weighted by atomic mass is 16.2. The molecule has 2 N–H and O–H groups in total. The first-order valence-electron chi connectivity index (χ1n) is 11.5. The Bertz CT molecular complexity index is 1070. The van der Waals surface area contributed by atoms with Gasteiger partial charge in [-0.3, -0.25) is 19.1 Å². The van der Waals surface area contributed by atoms with Crippen molar-refractivity contribution in [2.75, 3.05) is 13.6 Å². The van der Waals surface area contributed by atoms with Crippen LogP contribution in [0.1, 0.15) is 65.6 Å². The molecule has 0 spiro atoms. The molecule has 1 aromatic carbocycles. The molecule has 174 valence electrons. The normalized spacial score (nSPS) is 20.1. The molecule has 0 bridgehead atoms. The van der Waals surface area contributed by atoms with Crippen LogP contribution in [0.15, 0.2) is 48.0 Å². The van der Waals surface area contributed by atoms with Gasteiger partial charge in [-0.25, -0.2) is 0 Å². The van der Waals surface area contributed by atoms with Gasteiger partial charge in [-0.15, -0.1) is 0 Å². The van der Waals surface area contributed by atoms with Crippen molar-refractivity contribution in [3.05, 3.63) is 65.0 Å². The number of carbonyl (C=O) groups excluding carboxylic acids is 3. The number of likely N-dealkylation sites (N-methyl/N-ethyl adjacent to an activating group) is 1. The zero-order valence-corrected chi connectivity index (χ0v) is 19.3. The fourth-order valence-corrected chi connectivity index (χ4v) is 4.37. The highest BCUT2D eigenvalue weighted by Crippen LogP contribution is 2.26. The molecule has 8 nitrogen and oxygen atoms in total. The molecular formula is C25H31N5O3. The van der Waals surface area contributed by atoms with Gasteiger partial charge in [0.2, 0.25) is 5.91 Å². The Kier molecular flexibility index (Phi) is 6.62. The summed E-state index contributed by atoms with van der Waals surface area (Å²) in [6.45, 7) is 2.80. The van der Waals surface area contributed by atoms with Crippen LogP contribution in [0.3, 0.4) is 0 Å². The Morgan fingerprint density at radius 1 is 1.15 bits per heavy atom. The van der Waals surface area contributed by atoms with Crippen LogP contribution in [-0.4, -0.2) is 51.5 Å². The second-order valence-electron chi connectivity index (χ2n) is 8.99. The van der Waals surface area contributed by atoms with Crippen molar-refractivity contribution in [2.24, 2.45) is 0 Å². The maximum Gasteiger partial charge on any atom is 0.272 e. The number of rotatable bonds is 7. The van der Waals surface area contributed by atoms with Crippen LogP contribution < -0.4 is 10.6 Å². The molecule has 1 atom stereocenters. The van der Waals surface area contributed by atoms with Crippen molar-refractivity contribution in [2.45, 2.75) is 57.7 Å². The summed E-state index contributed by atoms with van der Waals surface area (Å²) in [4.78, 5) is 40.1. The quantitative estimate of drug-likeness (QED) is 0.635. The van der Waals surface area contributed by atoms with Crippen LogP contribution in [-0.2, 0) is 17.9 Å². The first kappa shape index (κ1) is 22.8. The predicted molar refractivity (Wildman–Crippen MR) is 125 cm³/mol. The minimum atomic E-state index is -1.12. The van der Waals surface area contributed by atoms with Gasteiger partial charge in [0.05, 0.1) is 6.54 Å². The molecule has 0 radical (unpaired) electrons. The molecule has 0 saturated heterocycles. The molecule has 0 unspecified atom stereocenters. The molecule has 1 aromatic heterocycles. The summed E-state index contributed by atoms with van der Waals surface area (Å²) in [5.41, 5.74) is 1.75. The zero-order chi connectivity index (χ0) is 23.4. The fourth-order valence-electron chi connectivity index (χ4n) is 4.37. The Morgan fingerprint density at radius 2 is 1.94 bits per heavy atom. The van der Waals surface area contributed by atoms with Gasteiger partial charge in [0.15, 0.2) is 5.69 Å². The second-order valence-corrected chi connectivity index (χ2v) is 8.99. The number of hydrogen-bond acceptors (Lipinski definition) is 4. The minimum absolute atomic E-state index is 0.172. The third kappa shape index (κ3) is 4.84. The molecule has 4 rings (SSSR count). The van der Waals surface area contributed by atoms with Crippen molar-refractivity contribution in [3.8, 4) is 0 Å². The SMILES string of the molecule is CN1C(=O)c2cc(C(=O)NCCC3=CCCCC3)nn2C[C@@]1(C)C(=O)NCc1ccccc1. The predicted octanol–water partition coefficient (Wildman–Crippen LogP) is 2.66. The minimum Gasteiger partial charge on any atom is -0.350 e. The lowest BCUT2D eigenvalue weighted by molar-refractivity contribution is -0.132. The van der Waals surface area contributed by atoms with E-state index in [9.17, 15) is 14.4 Å². The highest BCUT2D eigenvalue weighted by Gasteiger charge is 2.46. The Labute approximate surface area is 194 Å². The summed E-state index contributed by atoms with van der Waals surface area (Å²) in [6, 6.07) is 11.1. The molecule has 2 aromatic rings. The van der Waals surface area contributed by atoms with E-state index < -0.39 is 5.54 Å². The molecule has 33 heavy (non-hydrogen) atoms. The monoisotopic (exact) mass is 449 g/mol. The number of aromatic nitrogens is 2. The Balaban J connectivity index is 1.41. The molecule has 8 heteroatoms. The van der Waals surface area contributed by atoms with E-state index in [1.807, 2.05) is 30.3 Å². The zero-order valence-electron chi connectivity index (χ0n) is 19.3. The second kappa shape index (κ2) is 9.60. The topological polar surface area (TPSA) is 96.3 Å². The molecular weight excluding hydrogens is 418 g/mol. The third-order valence-electron chi connectivity index (χ3n) is 6.64. The van der Waals surface area contributed by atoms with Crippen LogP contribution in [0.25, 0.3) is 0 Å². The molecule has 2 heterocycles. The number of hydrogen-bond donors (Lipinski definition) is 2. The number of nitrogens with zero attached hydrogens (tertiary/aromatic N) is 3. The van der Waals surface area contributed by atoms with E-state index in [0.717, 1.165) is 24.8 Å². The van der Waals surface area contributed by atoms with Gasteiger partial charge in [0, 0.05) is 26.2 Å². The first-order valence-corrected chi connectivity index (χ1v) is 11.5. The smallest absolute Gasteiger partial charge is 0.272 e. The van der Waals surface area contributed by atoms with Gasteiger partial charge >= 0.3 is 0 Å². The number of fused-ring (bicyclic) bond motifs is 1. The molecule has 0 saturated carbocycles. The van der Waals surface area contributed by atoms with Gasteiger partial charge in [0.25, 0.3) is 11.8 Å². The van der Waals surface area contributed by atoms with E-state index in [1.165, 1.54) is 34.1 Å². The van der Waals surface area contributed by atoms with Crippen LogP contribution in [0.2, 0.25) is 0 Å². The average molecular weight is 450 g/mol. The van der Waals surface area contributed by atoms with Crippen LogP contribution in [0.5, 0.6) is 0 Å². The van der Waals surface area contributed by atoms with Gasteiger partial charge in [-0.05, 0) is 44.6 Å². The third-order valence-corrected chi connectivity index (χ3v) is 6.64. The highest BCUT2D eigenvalue weighted by molar-refractivity contribution is 6.01. The van der Waals surface area contributed by atoms with Crippen molar-refractivity contribution in [3.63, 3.8) is 0 Å². The van der Waals surface area contributed by atoms with E-state index in [2.05, 4.69) is 21.8 Å². The Morgan fingerprint density at radius 3 is 2.67 bits per heavy atom. The maximum absolute atomic E-state index is 13.1. The summed E-state index contributed by atoms with van der Waals surface area (Å²) in [5.74, 6) is -0.911. The van der Waals surface area contributed by atoms with Gasteiger partial charge in [-0.1, -0.05) is 42.0 Å². The van der Waals surface area contributed by atoms with E-state index in [-0.39, 0.29) is 30.0 Å². The largest absolute Gasteiger partial charge is 0.350 e. The summed E-state index contributed by atoms with van der Waals surface area (Å²) >= 11 is 0. The van der Waals surface area contributed by atoms with Crippen LogP contribution >= 0.6 is 0 Å². The van der Waals surface area contributed by atoms with E-state index in [1.54, 1.807) is 14.0 Å². The number of nitrogens with one attached hydrogen (secondary N) is 2.